The molecule has 3 heteroatoms. The first-order chi connectivity index (χ1) is 4.13. The number of hydrogen-bond donors (Lipinski definition) is 1. The summed E-state index contributed by atoms with van der Waals surface area (Å²) in [6.45, 7) is 5.58. The molecule has 0 aliphatic carbocycles. The van der Waals surface area contributed by atoms with Gasteiger partial charge in [-0.15, -0.1) is 0 Å². The van der Waals surface area contributed by atoms with Crippen LogP contribution in [0, 0.1) is 13.8 Å². The third-order valence-electron chi connectivity index (χ3n) is 1.39. The lowest BCUT2D eigenvalue weighted by molar-refractivity contribution is 0.743. The lowest BCUT2D eigenvalue weighted by Crippen LogP contribution is -1.93. The predicted octanol–water partition coefficient (Wildman–Crippen LogP) is 0.493. The molecule has 0 spiro atoms. The fourth-order valence-electron chi connectivity index (χ4n) is 0.722. The first-order valence-corrected chi connectivity index (χ1v) is 2.74. The molecule has 49 valence electrons. The molecule has 1 radical (unpaired) electrons. The van der Waals surface area contributed by atoms with Crippen LogP contribution in [0.15, 0.2) is 0 Å². The number of anilines is 1. The van der Waals surface area contributed by atoms with E-state index in [0.29, 0.717) is 5.69 Å². The Kier molecular flexibility index (Phi) is 1.20. The van der Waals surface area contributed by atoms with Crippen LogP contribution in [0.4, 0.5) is 5.69 Å². The van der Waals surface area contributed by atoms with E-state index in [4.69, 9.17) is 5.73 Å². The van der Waals surface area contributed by atoms with E-state index in [-0.39, 0.29) is 0 Å². The molecule has 0 amide bonds. The minimum absolute atomic E-state index is 0.692. The molecule has 0 aliphatic heterocycles. The summed E-state index contributed by atoms with van der Waals surface area (Å²) in [6.07, 6.45) is 0. The highest BCUT2D eigenvalue weighted by atomic mass is 15.3. The van der Waals surface area contributed by atoms with E-state index in [1.807, 2.05) is 14.0 Å². The van der Waals surface area contributed by atoms with Crippen molar-refractivity contribution in [3.8, 4) is 0 Å². The zero-order valence-electron chi connectivity index (χ0n) is 5.68. The van der Waals surface area contributed by atoms with Crippen LogP contribution in [-0.2, 0) is 7.05 Å². The van der Waals surface area contributed by atoms with Crippen LogP contribution in [-0.4, -0.2) is 9.78 Å². The normalized spacial score (nSPS) is 10.1. The second-order valence-electron chi connectivity index (χ2n) is 2.07. The van der Waals surface area contributed by atoms with Gasteiger partial charge in [-0.25, -0.2) is 0 Å². The maximum absolute atomic E-state index is 5.56. The van der Waals surface area contributed by atoms with Gasteiger partial charge in [-0.05, 0) is 13.8 Å². The average Bonchev–Trinajstić information content (AvgIpc) is 1.98. The first-order valence-electron chi connectivity index (χ1n) is 2.74. The Labute approximate surface area is 54.5 Å². The van der Waals surface area contributed by atoms with Gasteiger partial charge in [0.25, 0.3) is 0 Å². The SMILES string of the molecule is [CH2]c1c(N)c(C)nn1C. The molecule has 9 heavy (non-hydrogen) atoms. The molecule has 0 unspecified atom stereocenters. The van der Waals surface area contributed by atoms with Crippen molar-refractivity contribution in [2.24, 2.45) is 7.05 Å². The Morgan fingerprint density at radius 1 is 1.67 bits per heavy atom. The lowest BCUT2D eigenvalue weighted by Gasteiger charge is -1.90. The van der Waals surface area contributed by atoms with Gasteiger partial charge < -0.3 is 5.73 Å². The molecule has 1 aromatic heterocycles. The maximum Gasteiger partial charge on any atom is 0.0825 e. The topological polar surface area (TPSA) is 43.8 Å². The standard InChI is InChI=1S/C6H10N3/c1-4-6(7)5(2)9(3)8-4/h2,7H2,1,3H3. The predicted molar refractivity (Wildman–Crippen MR) is 36.8 cm³/mol. The largest absolute Gasteiger partial charge is 0.396 e. The Hall–Kier alpha value is -0.990. The number of hydrogen-bond acceptors (Lipinski definition) is 2. The molecule has 2 N–H and O–H groups in total. The molecular weight excluding hydrogens is 114 g/mol. The van der Waals surface area contributed by atoms with Crippen molar-refractivity contribution >= 4 is 5.69 Å². The number of aromatic nitrogens is 2. The molecular formula is C6H10N3. The molecule has 1 aromatic rings. The Morgan fingerprint density at radius 2 is 2.22 bits per heavy atom. The Morgan fingerprint density at radius 3 is 2.33 bits per heavy atom. The van der Waals surface area contributed by atoms with Gasteiger partial charge in [-0.1, -0.05) is 0 Å². The molecule has 0 bridgehead atoms. The molecule has 0 fully saturated rings. The van der Waals surface area contributed by atoms with E-state index in [1.54, 1.807) is 4.68 Å². The number of aryl methyl sites for hydroxylation is 2. The highest BCUT2D eigenvalue weighted by molar-refractivity contribution is 5.48. The second-order valence-corrected chi connectivity index (χ2v) is 2.07. The van der Waals surface area contributed by atoms with Crippen LogP contribution in [0.1, 0.15) is 11.4 Å². The van der Waals surface area contributed by atoms with E-state index in [0.717, 1.165) is 11.4 Å². The van der Waals surface area contributed by atoms with Crippen LogP contribution >= 0.6 is 0 Å². The molecule has 3 nitrogen and oxygen atoms in total. The van der Waals surface area contributed by atoms with E-state index in [2.05, 4.69) is 12.0 Å². The van der Waals surface area contributed by atoms with Crippen LogP contribution in [0.3, 0.4) is 0 Å². The van der Waals surface area contributed by atoms with Crippen molar-refractivity contribution < 1.29 is 0 Å². The van der Waals surface area contributed by atoms with Crippen LogP contribution in [0.5, 0.6) is 0 Å². The van der Waals surface area contributed by atoms with Crippen molar-refractivity contribution in [1.29, 1.82) is 0 Å². The zero-order chi connectivity index (χ0) is 7.02. The van der Waals surface area contributed by atoms with Gasteiger partial charge in [0.05, 0.1) is 17.1 Å². The van der Waals surface area contributed by atoms with Crippen LogP contribution in [0.2, 0.25) is 0 Å². The molecule has 0 saturated heterocycles. The molecule has 0 aliphatic rings. The van der Waals surface area contributed by atoms with Gasteiger partial charge in [0, 0.05) is 7.05 Å². The van der Waals surface area contributed by atoms with Crippen molar-refractivity contribution in [3.63, 3.8) is 0 Å². The molecule has 0 atom stereocenters. The minimum atomic E-state index is 0.692. The van der Waals surface area contributed by atoms with Crippen molar-refractivity contribution in [3.05, 3.63) is 18.3 Å². The summed E-state index contributed by atoms with van der Waals surface area (Å²) >= 11 is 0. The number of rotatable bonds is 0. The Bertz CT molecular complexity index is 202. The Balaban J connectivity index is 3.29. The third-order valence-corrected chi connectivity index (χ3v) is 1.39. The number of nitrogens with two attached hydrogens (primary N) is 1. The van der Waals surface area contributed by atoms with Gasteiger partial charge in [0.15, 0.2) is 0 Å². The lowest BCUT2D eigenvalue weighted by atomic mass is 10.3. The monoisotopic (exact) mass is 124 g/mol. The van der Waals surface area contributed by atoms with E-state index in [9.17, 15) is 0 Å². The number of nitrogen functional groups attached to an aromatic ring is 1. The van der Waals surface area contributed by atoms with Crippen LogP contribution in [0.25, 0.3) is 0 Å². The van der Waals surface area contributed by atoms with Gasteiger partial charge in [-0.2, -0.15) is 5.10 Å². The molecule has 0 saturated carbocycles. The first kappa shape index (κ1) is 6.13. The van der Waals surface area contributed by atoms with E-state index in [1.165, 1.54) is 0 Å². The maximum atomic E-state index is 5.56. The summed E-state index contributed by atoms with van der Waals surface area (Å²) in [4.78, 5) is 0. The third kappa shape index (κ3) is 0.781. The smallest absolute Gasteiger partial charge is 0.0825 e. The fraction of sp³-hybridized carbons (Fsp3) is 0.333. The summed E-state index contributed by atoms with van der Waals surface area (Å²) in [6, 6.07) is 0. The highest BCUT2D eigenvalue weighted by Crippen LogP contribution is 2.12. The average molecular weight is 124 g/mol. The summed E-state index contributed by atoms with van der Waals surface area (Å²) in [5.41, 5.74) is 7.88. The van der Waals surface area contributed by atoms with E-state index < -0.39 is 0 Å². The molecule has 1 rings (SSSR count). The summed E-state index contributed by atoms with van der Waals surface area (Å²) in [5, 5.41) is 4.04. The second kappa shape index (κ2) is 1.76. The summed E-state index contributed by atoms with van der Waals surface area (Å²) < 4.78 is 1.67. The summed E-state index contributed by atoms with van der Waals surface area (Å²) in [5.74, 6) is 0. The van der Waals surface area contributed by atoms with Gasteiger partial charge in [0.1, 0.15) is 0 Å². The summed E-state index contributed by atoms with van der Waals surface area (Å²) in [7, 11) is 1.83. The van der Waals surface area contributed by atoms with Crippen molar-refractivity contribution in [2.45, 2.75) is 6.92 Å². The van der Waals surface area contributed by atoms with Gasteiger partial charge >= 0.3 is 0 Å². The minimum Gasteiger partial charge on any atom is -0.396 e. The van der Waals surface area contributed by atoms with Crippen LogP contribution < -0.4 is 5.73 Å². The van der Waals surface area contributed by atoms with Crippen molar-refractivity contribution in [2.75, 3.05) is 5.73 Å². The van der Waals surface area contributed by atoms with Gasteiger partial charge in [-0.3, -0.25) is 4.68 Å². The fourth-order valence-corrected chi connectivity index (χ4v) is 0.722. The molecule has 0 aromatic carbocycles. The molecule has 1 heterocycles. The quantitative estimate of drug-likeness (QED) is 0.547. The zero-order valence-corrected chi connectivity index (χ0v) is 5.68. The van der Waals surface area contributed by atoms with Crippen molar-refractivity contribution in [1.82, 2.24) is 9.78 Å². The number of nitrogens with zero attached hydrogens (tertiary/aromatic N) is 2. The highest BCUT2D eigenvalue weighted by Gasteiger charge is 2.02. The van der Waals surface area contributed by atoms with E-state index >= 15 is 0 Å². The van der Waals surface area contributed by atoms with Gasteiger partial charge in [0.2, 0.25) is 0 Å².